The molecule has 0 radical (unpaired) electrons. The van der Waals surface area contributed by atoms with Gasteiger partial charge < -0.3 is 5.32 Å². The summed E-state index contributed by atoms with van der Waals surface area (Å²) in [5.74, 6) is -0.945. The minimum Gasteiger partial charge on any atom is -0.351 e. The van der Waals surface area contributed by atoms with Crippen LogP contribution in [-0.2, 0) is 19.9 Å². The largest absolute Gasteiger partial charge is 0.351 e. The van der Waals surface area contributed by atoms with E-state index in [1.54, 1.807) is 0 Å². The van der Waals surface area contributed by atoms with E-state index in [9.17, 15) is 21.6 Å². The number of sulfonamides is 1. The lowest BCUT2D eigenvalue weighted by Crippen LogP contribution is -2.31. The first-order valence-corrected chi connectivity index (χ1v) is 8.79. The van der Waals surface area contributed by atoms with Gasteiger partial charge in [0.1, 0.15) is 0 Å². The van der Waals surface area contributed by atoms with E-state index in [0.29, 0.717) is 0 Å². The van der Waals surface area contributed by atoms with Gasteiger partial charge in [0.2, 0.25) is 10.0 Å². The number of carbonyl (C=O) groups is 1. The van der Waals surface area contributed by atoms with Crippen LogP contribution in [0.25, 0.3) is 0 Å². The Labute approximate surface area is 111 Å². The Morgan fingerprint density at radius 1 is 1.26 bits per heavy atom. The summed E-state index contributed by atoms with van der Waals surface area (Å²) in [5.41, 5.74) is 0.136. The molecule has 1 rings (SSSR count). The lowest BCUT2D eigenvalue weighted by molar-refractivity contribution is 0.0956. The van der Waals surface area contributed by atoms with Gasteiger partial charge in [-0.25, -0.2) is 22.0 Å². The van der Waals surface area contributed by atoms with Gasteiger partial charge in [0.15, 0.2) is 9.84 Å². The molecule has 3 N–H and O–H groups in total. The maximum absolute atomic E-state index is 11.7. The Morgan fingerprint density at radius 3 is 2.42 bits per heavy atom. The van der Waals surface area contributed by atoms with Crippen LogP contribution < -0.4 is 10.5 Å². The monoisotopic (exact) mass is 306 g/mol. The van der Waals surface area contributed by atoms with Crippen LogP contribution in [0.4, 0.5) is 0 Å². The molecule has 1 aromatic rings. The average Bonchev–Trinajstić information content (AvgIpc) is 2.26. The Kier molecular flexibility index (Phi) is 4.66. The highest BCUT2D eigenvalue weighted by atomic mass is 32.2. The normalized spacial score (nSPS) is 12.1. The Morgan fingerprint density at radius 2 is 1.89 bits per heavy atom. The molecule has 1 amide bonds. The van der Waals surface area contributed by atoms with E-state index in [-0.39, 0.29) is 22.8 Å². The van der Waals surface area contributed by atoms with Crippen LogP contribution in [0, 0.1) is 0 Å². The molecule has 0 atom stereocenters. The molecular weight excluding hydrogens is 292 g/mol. The third-order valence-corrected chi connectivity index (χ3v) is 4.08. The minimum absolute atomic E-state index is 0.0200. The fourth-order valence-electron chi connectivity index (χ4n) is 1.28. The maximum atomic E-state index is 11.7. The molecule has 0 aliphatic rings. The number of hydrogen-bond donors (Lipinski definition) is 2. The van der Waals surface area contributed by atoms with Crippen molar-refractivity contribution in [1.29, 1.82) is 0 Å². The molecule has 0 aliphatic carbocycles. The summed E-state index contributed by atoms with van der Waals surface area (Å²) >= 11 is 0. The van der Waals surface area contributed by atoms with Gasteiger partial charge in [-0.05, 0) is 18.2 Å². The van der Waals surface area contributed by atoms with Crippen molar-refractivity contribution in [3.63, 3.8) is 0 Å². The number of primary sulfonamides is 1. The van der Waals surface area contributed by atoms with E-state index in [1.807, 2.05) is 0 Å². The Hall–Kier alpha value is -1.45. The van der Waals surface area contributed by atoms with Gasteiger partial charge in [0.05, 0.1) is 10.6 Å². The van der Waals surface area contributed by atoms with Crippen molar-refractivity contribution in [3.05, 3.63) is 29.8 Å². The third-order valence-electron chi connectivity index (χ3n) is 2.20. The first-order valence-electron chi connectivity index (χ1n) is 5.18. The van der Waals surface area contributed by atoms with E-state index < -0.39 is 25.8 Å². The second-order valence-electron chi connectivity index (χ2n) is 3.92. The second-order valence-corrected chi connectivity index (χ2v) is 7.67. The highest BCUT2D eigenvalue weighted by Gasteiger charge is 2.12. The van der Waals surface area contributed by atoms with E-state index in [4.69, 9.17) is 5.14 Å². The molecule has 7 nitrogen and oxygen atoms in total. The summed E-state index contributed by atoms with van der Waals surface area (Å²) in [5, 5.41) is 7.12. The summed E-state index contributed by atoms with van der Waals surface area (Å²) in [7, 11) is -7.04. The van der Waals surface area contributed by atoms with Crippen LogP contribution >= 0.6 is 0 Å². The number of benzene rings is 1. The summed E-state index contributed by atoms with van der Waals surface area (Å²) in [6, 6.07) is 5.46. The summed E-state index contributed by atoms with van der Waals surface area (Å²) < 4.78 is 44.0. The number of carbonyl (C=O) groups excluding carboxylic acids is 1. The van der Waals surface area contributed by atoms with Crippen molar-refractivity contribution >= 4 is 25.8 Å². The molecule has 0 spiro atoms. The highest BCUT2D eigenvalue weighted by Crippen LogP contribution is 2.11. The van der Waals surface area contributed by atoms with Crippen LogP contribution in [0.2, 0.25) is 0 Å². The highest BCUT2D eigenvalue weighted by molar-refractivity contribution is 7.90. The molecule has 0 unspecified atom stereocenters. The number of sulfone groups is 1. The summed E-state index contributed by atoms with van der Waals surface area (Å²) in [6.07, 6.45) is 1.03. The van der Waals surface area contributed by atoms with Gasteiger partial charge in [-0.3, -0.25) is 4.79 Å². The zero-order valence-electron chi connectivity index (χ0n) is 10.2. The fraction of sp³-hybridized carbons (Fsp3) is 0.300. The molecule has 106 valence electrons. The molecule has 0 bridgehead atoms. The summed E-state index contributed by atoms with van der Waals surface area (Å²) in [4.78, 5) is 11.7. The lowest BCUT2D eigenvalue weighted by Gasteiger charge is -2.05. The number of amides is 1. The van der Waals surface area contributed by atoms with Crippen LogP contribution in [-0.4, -0.2) is 41.3 Å². The summed E-state index contributed by atoms with van der Waals surface area (Å²) in [6.45, 7) is -0.138. The molecule has 19 heavy (non-hydrogen) atoms. The van der Waals surface area contributed by atoms with Gasteiger partial charge in [-0.2, -0.15) is 0 Å². The number of hydrogen-bond acceptors (Lipinski definition) is 5. The smallest absolute Gasteiger partial charge is 0.251 e. The van der Waals surface area contributed by atoms with Gasteiger partial charge in [0.25, 0.3) is 5.91 Å². The van der Waals surface area contributed by atoms with E-state index in [2.05, 4.69) is 5.32 Å². The topological polar surface area (TPSA) is 123 Å². The first kappa shape index (κ1) is 15.6. The predicted octanol–water partition coefficient (Wildman–Crippen LogP) is -0.892. The minimum atomic E-state index is -3.64. The van der Waals surface area contributed by atoms with Crippen LogP contribution in [0.15, 0.2) is 29.2 Å². The van der Waals surface area contributed by atoms with Crippen molar-refractivity contribution in [2.75, 3.05) is 18.6 Å². The molecule has 0 saturated heterocycles. The van der Waals surface area contributed by atoms with E-state index in [1.165, 1.54) is 24.3 Å². The molecule has 0 aromatic heterocycles. The van der Waals surface area contributed by atoms with Gasteiger partial charge in [-0.1, -0.05) is 6.07 Å². The predicted molar refractivity (Wildman–Crippen MR) is 69.9 cm³/mol. The maximum Gasteiger partial charge on any atom is 0.251 e. The average molecular weight is 306 g/mol. The lowest BCUT2D eigenvalue weighted by atomic mass is 10.2. The molecule has 9 heteroatoms. The second kappa shape index (κ2) is 5.68. The van der Waals surface area contributed by atoms with Gasteiger partial charge in [0, 0.05) is 18.4 Å². The van der Waals surface area contributed by atoms with Gasteiger partial charge >= 0.3 is 0 Å². The standard InChI is InChI=1S/C10H14N2O5S2/c1-18(14,15)9-4-2-3-8(7-9)10(13)12-5-6-19(11,16)17/h2-4,7H,5-6H2,1H3,(H,12,13)(H2,11,16,17). The molecule has 1 aromatic carbocycles. The van der Waals surface area contributed by atoms with Gasteiger partial charge in [-0.15, -0.1) is 0 Å². The third kappa shape index (κ3) is 5.37. The van der Waals surface area contributed by atoms with Crippen LogP contribution in [0.1, 0.15) is 10.4 Å². The quantitative estimate of drug-likeness (QED) is 0.730. The molecule has 0 saturated carbocycles. The van der Waals surface area contributed by atoms with Crippen molar-refractivity contribution < 1.29 is 21.6 Å². The van der Waals surface area contributed by atoms with Crippen molar-refractivity contribution in [2.45, 2.75) is 4.90 Å². The Bertz CT molecular complexity index is 680. The first-order chi connectivity index (χ1) is 8.59. The molecular formula is C10H14N2O5S2. The van der Waals surface area contributed by atoms with Crippen LogP contribution in [0.3, 0.4) is 0 Å². The fourth-order valence-corrected chi connectivity index (χ4v) is 2.33. The zero-order valence-corrected chi connectivity index (χ0v) is 11.8. The van der Waals surface area contributed by atoms with E-state index >= 15 is 0 Å². The van der Waals surface area contributed by atoms with Crippen LogP contribution in [0.5, 0.6) is 0 Å². The molecule has 0 aliphatic heterocycles. The molecule has 0 fully saturated rings. The SMILES string of the molecule is CS(=O)(=O)c1cccc(C(=O)NCCS(N)(=O)=O)c1. The van der Waals surface area contributed by atoms with Crippen molar-refractivity contribution in [3.8, 4) is 0 Å². The number of nitrogens with one attached hydrogen (secondary N) is 1. The van der Waals surface area contributed by atoms with Crippen molar-refractivity contribution in [2.24, 2.45) is 5.14 Å². The van der Waals surface area contributed by atoms with Crippen molar-refractivity contribution in [1.82, 2.24) is 5.32 Å². The number of nitrogens with two attached hydrogens (primary N) is 1. The Balaban J connectivity index is 2.79. The number of rotatable bonds is 5. The van der Waals surface area contributed by atoms with E-state index in [0.717, 1.165) is 6.26 Å². The molecule has 0 heterocycles. The zero-order chi connectivity index (χ0) is 14.7.